The molecule has 174 valence electrons. The number of hydrogen-bond donors (Lipinski definition) is 4. The molecule has 32 heavy (non-hydrogen) atoms. The molecule has 1 amide bonds. The maximum Gasteiger partial charge on any atom is 0.404 e. The maximum absolute atomic E-state index is 13.7. The summed E-state index contributed by atoms with van der Waals surface area (Å²) < 4.78 is 12.5. The van der Waals surface area contributed by atoms with Crippen molar-refractivity contribution in [3.05, 3.63) is 33.8 Å². The van der Waals surface area contributed by atoms with Gasteiger partial charge in [-0.2, -0.15) is 0 Å². The number of nitrogens with two attached hydrogens (primary N) is 1. The zero-order valence-electron chi connectivity index (χ0n) is 18.6. The Kier molecular flexibility index (Phi) is 6.11. The number of aliphatic hydroxyl groups excluding tert-OH is 1. The number of aromatic nitrogens is 1. The van der Waals surface area contributed by atoms with Gasteiger partial charge in [-0.25, -0.2) is 4.79 Å². The van der Waals surface area contributed by atoms with E-state index in [2.05, 4.69) is 10.6 Å². The highest BCUT2D eigenvalue weighted by Crippen LogP contribution is 2.41. The first kappa shape index (κ1) is 22.5. The highest BCUT2D eigenvalue weighted by molar-refractivity contribution is 6.26. The highest BCUT2D eigenvalue weighted by Gasteiger charge is 2.45. The topological polar surface area (TPSA) is 145 Å². The van der Waals surface area contributed by atoms with Gasteiger partial charge in [-0.15, -0.1) is 0 Å². The van der Waals surface area contributed by atoms with E-state index >= 15 is 0 Å². The first-order chi connectivity index (χ1) is 15.3. The van der Waals surface area contributed by atoms with Crippen molar-refractivity contribution in [1.29, 1.82) is 0 Å². The van der Waals surface area contributed by atoms with Gasteiger partial charge in [0.2, 0.25) is 11.6 Å². The molecule has 4 rings (SSSR count). The van der Waals surface area contributed by atoms with Crippen molar-refractivity contribution in [2.75, 3.05) is 14.2 Å². The van der Waals surface area contributed by atoms with E-state index in [1.807, 2.05) is 0 Å². The molecule has 1 fully saturated rings. The summed E-state index contributed by atoms with van der Waals surface area (Å²) in [5, 5.41) is 16.7. The number of primary amides is 1. The summed E-state index contributed by atoms with van der Waals surface area (Å²) in [5.41, 5.74) is 7.24. The van der Waals surface area contributed by atoms with Crippen molar-refractivity contribution in [3.63, 3.8) is 0 Å². The fraction of sp³-hybridized carbons (Fsp3) is 0.591. The van der Waals surface area contributed by atoms with E-state index in [0.717, 1.165) is 12.8 Å². The van der Waals surface area contributed by atoms with Crippen LogP contribution in [0.25, 0.3) is 0 Å². The lowest BCUT2D eigenvalue weighted by Crippen LogP contribution is -2.45. The number of carbonyl (C=O) groups is 3. The van der Waals surface area contributed by atoms with Crippen molar-refractivity contribution in [1.82, 2.24) is 15.2 Å². The normalized spacial score (nSPS) is 27.4. The lowest BCUT2D eigenvalue weighted by molar-refractivity contribution is 0.0782. The van der Waals surface area contributed by atoms with Crippen molar-refractivity contribution in [2.24, 2.45) is 5.73 Å². The number of nitrogens with zero attached hydrogens (tertiary/aromatic N) is 1. The molecule has 1 aromatic rings. The number of ketones is 2. The summed E-state index contributed by atoms with van der Waals surface area (Å²) in [4.78, 5) is 38.5. The average molecular weight is 447 g/mol. The molecule has 0 spiro atoms. The molecule has 3 aliphatic rings. The first-order valence-corrected chi connectivity index (χ1v) is 10.9. The number of aliphatic hydroxyl groups is 1. The minimum absolute atomic E-state index is 0.114. The van der Waals surface area contributed by atoms with Gasteiger partial charge < -0.3 is 35.5 Å². The third kappa shape index (κ3) is 3.52. The maximum atomic E-state index is 13.7. The minimum Gasteiger partial charge on any atom is -0.445 e. The molecule has 1 aliphatic heterocycles. The van der Waals surface area contributed by atoms with Crippen LogP contribution in [0.5, 0.6) is 0 Å². The van der Waals surface area contributed by atoms with Gasteiger partial charge in [0, 0.05) is 24.8 Å². The lowest BCUT2D eigenvalue weighted by atomic mass is 9.87. The Bertz CT molecular complexity index is 997. The Hall–Kier alpha value is -2.69. The SMILES string of the molecule is CN[C@H]1Cn2c3c(c(COC(N)=O)c2[C@H]1OC)C(=O)C(N[C@@H]1CCCC[C@H]1O)=C(C)C3=O. The molecule has 2 aliphatic carbocycles. The molecule has 0 saturated heterocycles. The second kappa shape index (κ2) is 8.68. The van der Waals surface area contributed by atoms with Gasteiger partial charge >= 0.3 is 6.09 Å². The first-order valence-electron chi connectivity index (χ1n) is 10.9. The molecule has 0 bridgehead atoms. The molecule has 5 N–H and O–H groups in total. The van der Waals surface area contributed by atoms with Gasteiger partial charge in [0.1, 0.15) is 18.4 Å². The number of amides is 1. The van der Waals surface area contributed by atoms with E-state index in [0.29, 0.717) is 36.2 Å². The Balaban J connectivity index is 1.80. The molecular formula is C22H30N4O6. The van der Waals surface area contributed by atoms with Gasteiger partial charge in [0.25, 0.3) is 0 Å². The predicted octanol–water partition coefficient (Wildman–Crippen LogP) is 0.919. The molecule has 0 aromatic carbocycles. The summed E-state index contributed by atoms with van der Waals surface area (Å²) in [6, 6.07) is -0.413. The van der Waals surface area contributed by atoms with E-state index < -0.39 is 18.3 Å². The average Bonchev–Trinajstić information content (AvgIpc) is 3.28. The fourth-order valence-corrected chi connectivity index (χ4v) is 5.20. The third-order valence-corrected chi connectivity index (χ3v) is 6.85. The molecule has 10 heteroatoms. The van der Waals surface area contributed by atoms with Crippen molar-refractivity contribution >= 4 is 17.7 Å². The molecular weight excluding hydrogens is 416 g/mol. The van der Waals surface area contributed by atoms with Gasteiger partial charge in [-0.3, -0.25) is 9.59 Å². The molecule has 1 saturated carbocycles. The number of allylic oxidation sites excluding steroid dienone is 2. The zero-order chi connectivity index (χ0) is 23.2. The number of nitrogens with one attached hydrogen (secondary N) is 2. The summed E-state index contributed by atoms with van der Waals surface area (Å²) in [6.07, 6.45) is 1.24. The second-order valence-electron chi connectivity index (χ2n) is 8.62. The Morgan fingerprint density at radius 2 is 1.94 bits per heavy atom. The molecule has 2 heterocycles. The smallest absolute Gasteiger partial charge is 0.404 e. The molecule has 10 nitrogen and oxygen atoms in total. The number of fused-ring (bicyclic) bond motifs is 3. The number of methoxy groups -OCH3 is 1. The Morgan fingerprint density at radius 1 is 1.22 bits per heavy atom. The number of carbonyl (C=O) groups excluding carboxylic acids is 3. The number of likely N-dealkylation sites (N-methyl/N-ethyl adjacent to an activating group) is 1. The van der Waals surface area contributed by atoms with Gasteiger partial charge in [0.05, 0.1) is 35.1 Å². The van der Waals surface area contributed by atoms with Crippen molar-refractivity contribution < 1.29 is 29.0 Å². The summed E-state index contributed by atoms with van der Waals surface area (Å²) in [5.74, 6) is -0.624. The third-order valence-electron chi connectivity index (χ3n) is 6.85. The standard InChI is InChI=1S/C22H30N4O6/c1-10-16(25-12-6-4-5-7-14(12)27)20(29)15-11(9-32-22(23)30)17-21(31-3)13(24-2)8-26(17)18(15)19(10)28/h12-14,21,24-25,27H,4-9H2,1-3H3,(H2,23,30)/t12-,13+,14-,21+/m1/s1. The Labute approximate surface area is 186 Å². The van der Waals surface area contributed by atoms with Gasteiger partial charge in [-0.05, 0) is 26.8 Å². The molecule has 0 unspecified atom stereocenters. The van der Waals surface area contributed by atoms with Crippen LogP contribution in [0.3, 0.4) is 0 Å². The van der Waals surface area contributed by atoms with Gasteiger partial charge in [0.15, 0.2) is 0 Å². The van der Waals surface area contributed by atoms with E-state index in [-0.39, 0.29) is 47.2 Å². The van der Waals surface area contributed by atoms with E-state index in [9.17, 15) is 19.5 Å². The van der Waals surface area contributed by atoms with Crippen LogP contribution >= 0.6 is 0 Å². The van der Waals surface area contributed by atoms with Crippen LogP contribution in [0.15, 0.2) is 11.3 Å². The van der Waals surface area contributed by atoms with Crippen molar-refractivity contribution in [3.8, 4) is 0 Å². The largest absolute Gasteiger partial charge is 0.445 e. The quantitative estimate of drug-likeness (QED) is 0.505. The van der Waals surface area contributed by atoms with Crippen LogP contribution in [0.4, 0.5) is 4.79 Å². The summed E-state index contributed by atoms with van der Waals surface area (Å²) >= 11 is 0. The number of rotatable bonds is 6. The van der Waals surface area contributed by atoms with E-state index in [1.165, 1.54) is 0 Å². The van der Waals surface area contributed by atoms with E-state index in [4.69, 9.17) is 15.2 Å². The fourth-order valence-electron chi connectivity index (χ4n) is 5.20. The number of Topliss-reactive ketones (excluding diaryl/α,β-unsaturated/α-hetero) is 2. The lowest BCUT2D eigenvalue weighted by Gasteiger charge is -2.31. The Morgan fingerprint density at radius 3 is 2.56 bits per heavy atom. The molecule has 4 atom stereocenters. The number of hydrogen-bond acceptors (Lipinski definition) is 8. The van der Waals surface area contributed by atoms with Crippen LogP contribution < -0.4 is 16.4 Å². The van der Waals surface area contributed by atoms with Crippen LogP contribution in [0.2, 0.25) is 0 Å². The highest BCUT2D eigenvalue weighted by atomic mass is 16.5. The summed E-state index contributed by atoms with van der Waals surface area (Å²) in [6.45, 7) is 1.81. The monoisotopic (exact) mass is 446 g/mol. The zero-order valence-corrected chi connectivity index (χ0v) is 18.6. The van der Waals surface area contributed by atoms with Crippen LogP contribution in [-0.2, 0) is 22.6 Å². The minimum atomic E-state index is -0.971. The predicted molar refractivity (Wildman–Crippen MR) is 114 cm³/mol. The summed E-state index contributed by atoms with van der Waals surface area (Å²) in [7, 11) is 3.35. The van der Waals surface area contributed by atoms with Crippen molar-refractivity contribution in [2.45, 2.75) is 70.1 Å². The van der Waals surface area contributed by atoms with Gasteiger partial charge in [-0.1, -0.05) is 12.8 Å². The van der Waals surface area contributed by atoms with E-state index in [1.54, 1.807) is 25.6 Å². The molecule has 0 radical (unpaired) electrons. The molecule has 1 aromatic heterocycles. The van der Waals surface area contributed by atoms with Crippen LogP contribution in [0, 0.1) is 0 Å². The van der Waals surface area contributed by atoms with Crippen LogP contribution in [-0.4, -0.2) is 59.7 Å². The number of ether oxygens (including phenoxy) is 2. The second-order valence-corrected chi connectivity index (χ2v) is 8.62. The van der Waals surface area contributed by atoms with Crippen LogP contribution in [0.1, 0.15) is 70.8 Å².